The molecule has 6 heteroatoms. The number of aryl methyl sites for hydroxylation is 1. The fourth-order valence-corrected chi connectivity index (χ4v) is 4.54. The largest absolute Gasteiger partial charge is 0.350 e. The third kappa shape index (κ3) is 4.23. The highest BCUT2D eigenvalue weighted by molar-refractivity contribution is 7.21. The van der Waals surface area contributed by atoms with Gasteiger partial charge in [0.2, 0.25) is 0 Å². The second kappa shape index (κ2) is 8.19. The number of H-pyrrole nitrogens is 1. The number of pyridine rings is 1. The smallest absolute Gasteiger partial charge is 0.261 e. The lowest BCUT2D eigenvalue weighted by atomic mass is 10.1. The second-order valence-corrected chi connectivity index (χ2v) is 8.39. The summed E-state index contributed by atoms with van der Waals surface area (Å²) in [4.78, 5) is 30.7. The zero-order valence-corrected chi connectivity index (χ0v) is 17.3. The first-order valence-electron chi connectivity index (χ1n) is 9.58. The van der Waals surface area contributed by atoms with Crippen molar-refractivity contribution in [2.75, 3.05) is 20.1 Å². The minimum Gasteiger partial charge on any atom is -0.350 e. The van der Waals surface area contributed by atoms with Crippen LogP contribution in [0.15, 0.2) is 59.4 Å². The van der Waals surface area contributed by atoms with Crippen molar-refractivity contribution < 1.29 is 4.79 Å². The molecule has 0 saturated heterocycles. The number of aromatic nitrogens is 1. The van der Waals surface area contributed by atoms with Gasteiger partial charge >= 0.3 is 0 Å². The van der Waals surface area contributed by atoms with Gasteiger partial charge in [-0.25, -0.2) is 0 Å². The van der Waals surface area contributed by atoms with E-state index in [-0.39, 0.29) is 11.5 Å². The van der Waals surface area contributed by atoms with E-state index in [9.17, 15) is 9.59 Å². The summed E-state index contributed by atoms with van der Waals surface area (Å²) >= 11 is 1.37. The van der Waals surface area contributed by atoms with Gasteiger partial charge < -0.3 is 15.2 Å². The molecule has 0 fully saturated rings. The predicted octanol–water partition coefficient (Wildman–Crippen LogP) is 3.91. The quantitative estimate of drug-likeness (QED) is 0.511. The van der Waals surface area contributed by atoms with E-state index in [0.29, 0.717) is 16.8 Å². The van der Waals surface area contributed by atoms with Crippen molar-refractivity contribution in [1.82, 2.24) is 15.2 Å². The lowest BCUT2D eigenvalue weighted by Gasteiger charge is -2.16. The number of likely N-dealkylation sites (N-methyl/N-ethyl adjacent to an activating group) is 1. The summed E-state index contributed by atoms with van der Waals surface area (Å²) in [6.45, 7) is 4.14. The molecule has 5 nitrogen and oxygen atoms in total. The van der Waals surface area contributed by atoms with Crippen molar-refractivity contribution in [2.24, 2.45) is 0 Å². The molecule has 0 unspecified atom stereocenters. The molecule has 2 aromatic carbocycles. The van der Waals surface area contributed by atoms with Crippen molar-refractivity contribution in [3.63, 3.8) is 0 Å². The van der Waals surface area contributed by atoms with Crippen LogP contribution in [0.5, 0.6) is 0 Å². The van der Waals surface area contributed by atoms with Gasteiger partial charge in [0.1, 0.15) is 0 Å². The molecule has 0 saturated carbocycles. The van der Waals surface area contributed by atoms with Crippen molar-refractivity contribution in [3.8, 4) is 0 Å². The van der Waals surface area contributed by atoms with Crippen LogP contribution in [0.2, 0.25) is 0 Å². The normalized spacial score (nSPS) is 11.4. The molecule has 4 rings (SSSR count). The summed E-state index contributed by atoms with van der Waals surface area (Å²) in [5, 5.41) is 4.52. The Kier molecular flexibility index (Phi) is 5.47. The Bertz CT molecular complexity index is 1230. The first-order chi connectivity index (χ1) is 14.0. The second-order valence-electron chi connectivity index (χ2n) is 7.34. The number of rotatable bonds is 6. The van der Waals surface area contributed by atoms with E-state index in [2.05, 4.69) is 27.3 Å². The highest BCUT2D eigenvalue weighted by atomic mass is 32.1. The van der Waals surface area contributed by atoms with Gasteiger partial charge in [-0.1, -0.05) is 42.0 Å². The number of carbonyl (C=O) groups is 1. The molecular weight excluding hydrogens is 382 g/mol. The van der Waals surface area contributed by atoms with Crippen LogP contribution in [-0.2, 0) is 6.54 Å². The molecule has 0 atom stereocenters. The lowest BCUT2D eigenvalue weighted by Crippen LogP contribution is -2.32. The number of nitrogens with zero attached hydrogens (tertiary/aromatic N) is 1. The molecule has 0 aliphatic rings. The standard InChI is InChI=1S/C23H23N3O2S/c1-15-8-9-19-17(12-15)21-18(22(27)25-19)13-20(29-21)23(28)24-10-11-26(2)14-16-6-4-3-5-7-16/h3-9,12-13H,10-11,14H2,1-2H3,(H,24,28)(H,25,27). The van der Waals surface area contributed by atoms with Crippen LogP contribution in [-0.4, -0.2) is 35.9 Å². The van der Waals surface area contributed by atoms with Gasteiger partial charge in [0.15, 0.2) is 0 Å². The average molecular weight is 406 g/mol. The van der Waals surface area contributed by atoms with Gasteiger partial charge in [-0.2, -0.15) is 0 Å². The number of hydrogen-bond acceptors (Lipinski definition) is 4. The molecule has 2 heterocycles. The summed E-state index contributed by atoms with van der Waals surface area (Å²) in [6, 6.07) is 17.9. The van der Waals surface area contributed by atoms with E-state index in [1.165, 1.54) is 16.9 Å². The zero-order chi connectivity index (χ0) is 20.4. The molecule has 2 N–H and O–H groups in total. The monoisotopic (exact) mass is 405 g/mol. The van der Waals surface area contributed by atoms with E-state index in [4.69, 9.17) is 0 Å². The summed E-state index contributed by atoms with van der Waals surface area (Å²) < 4.78 is 0.860. The Morgan fingerprint density at radius 3 is 2.69 bits per heavy atom. The highest BCUT2D eigenvalue weighted by Gasteiger charge is 2.15. The fraction of sp³-hybridized carbons (Fsp3) is 0.217. The maximum atomic E-state index is 12.6. The highest BCUT2D eigenvalue weighted by Crippen LogP contribution is 2.30. The maximum absolute atomic E-state index is 12.6. The Labute approximate surface area is 173 Å². The predicted molar refractivity (Wildman–Crippen MR) is 120 cm³/mol. The van der Waals surface area contributed by atoms with E-state index >= 15 is 0 Å². The molecule has 0 aliphatic carbocycles. The zero-order valence-electron chi connectivity index (χ0n) is 16.5. The Hall–Kier alpha value is -2.96. The lowest BCUT2D eigenvalue weighted by molar-refractivity contribution is 0.0953. The number of aromatic amines is 1. The number of thiophene rings is 1. The van der Waals surface area contributed by atoms with Gasteiger partial charge in [-0.3, -0.25) is 9.59 Å². The summed E-state index contributed by atoms with van der Waals surface area (Å²) in [5.74, 6) is -0.139. The van der Waals surface area contributed by atoms with Gasteiger partial charge in [0.05, 0.1) is 10.3 Å². The van der Waals surface area contributed by atoms with Crippen molar-refractivity contribution in [1.29, 1.82) is 0 Å². The molecule has 0 spiro atoms. The van der Waals surface area contributed by atoms with E-state index in [0.717, 1.165) is 34.3 Å². The third-order valence-electron chi connectivity index (χ3n) is 4.94. The molecule has 148 valence electrons. The first kappa shape index (κ1) is 19.4. The Morgan fingerprint density at radius 1 is 1.10 bits per heavy atom. The summed E-state index contributed by atoms with van der Waals surface area (Å²) in [5.41, 5.74) is 3.00. The Balaban J connectivity index is 1.46. The van der Waals surface area contributed by atoms with E-state index in [1.54, 1.807) is 6.07 Å². The number of nitrogens with one attached hydrogen (secondary N) is 2. The van der Waals surface area contributed by atoms with Crippen molar-refractivity contribution in [3.05, 3.63) is 81.0 Å². The Morgan fingerprint density at radius 2 is 1.90 bits per heavy atom. The molecule has 29 heavy (non-hydrogen) atoms. The number of hydrogen-bond donors (Lipinski definition) is 2. The van der Waals surface area contributed by atoms with Crippen molar-refractivity contribution in [2.45, 2.75) is 13.5 Å². The number of carbonyl (C=O) groups excluding carboxylic acids is 1. The third-order valence-corrected chi connectivity index (χ3v) is 6.11. The van der Waals surface area contributed by atoms with Gasteiger partial charge in [-0.15, -0.1) is 11.3 Å². The van der Waals surface area contributed by atoms with Crippen LogP contribution in [0.3, 0.4) is 0 Å². The first-order valence-corrected chi connectivity index (χ1v) is 10.4. The van der Waals surface area contributed by atoms with Crippen LogP contribution in [0.1, 0.15) is 20.8 Å². The van der Waals surface area contributed by atoms with Gasteiger partial charge in [-0.05, 0) is 37.7 Å². The molecular formula is C23H23N3O2S. The minimum absolute atomic E-state index is 0.139. The van der Waals surface area contributed by atoms with Crippen LogP contribution >= 0.6 is 11.3 Å². The van der Waals surface area contributed by atoms with E-state index < -0.39 is 0 Å². The molecule has 1 amide bonds. The summed E-state index contributed by atoms with van der Waals surface area (Å²) in [7, 11) is 2.03. The molecule has 4 aromatic rings. The molecule has 0 bridgehead atoms. The summed E-state index contributed by atoms with van der Waals surface area (Å²) in [6.07, 6.45) is 0. The SMILES string of the molecule is Cc1ccc2[nH]c(=O)c3cc(C(=O)NCCN(C)Cc4ccccc4)sc3c2c1. The molecule has 0 aliphatic heterocycles. The van der Waals surface area contributed by atoms with Crippen LogP contribution in [0.4, 0.5) is 0 Å². The maximum Gasteiger partial charge on any atom is 0.261 e. The van der Waals surface area contributed by atoms with Crippen LogP contribution < -0.4 is 10.9 Å². The fourth-order valence-electron chi connectivity index (χ4n) is 3.44. The molecule has 0 radical (unpaired) electrons. The van der Waals surface area contributed by atoms with Crippen LogP contribution in [0, 0.1) is 6.92 Å². The van der Waals surface area contributed by atoms with Gasteiger partial charge in [0.25, 0.3) is 11.5 Å². The number of fused-ring (bicyclic) bond motifs is 3. The van der Waals surface area contributed by atoms with Crippen LogP contribution in [0.25, 0.3) is 21.0 Å². The number of benzene rings is 2. The van der Waals surface area contributed by atoms with Crippen molar-refractivity contribution >= 4 is 38.2 Å². The minimum atomic E-state index is -0.158. The average Bonchev–Trinajstić information content (AvgIpc) is 3.16. The number of amides is 1. The topological polar surface area (TPSA) is 65.2 Å². The van der Waals surface area contributed by atoms with Gasteiger partial charge in [0, 0.05) is 35.2 Å². The molecule has 2 aromatic heterocycles. The van der Waals surface area contributed by atoms with E-state index in [1.807, 2.05) is 50.4 Å².